The van der Waals surface area contributed by atoms with Crippen LogP contribution in [-0.4, -0.2) is 45.0 Å². The van der Waals surface area contributed by atoms with Gasteiger partial charge in [0.05, 0.1) is 23.7 Å². The zero-order valence-electron chi connectivity index (χ0n) is 15.1. The molecule has 2 aromatic carbocycles. The van der Waals surface area contributed by atoms with E-state index in [1.807, 2.05) is 0 Å². The van der Waals surface area contributed by atoms with Crippen molar-refractivity contribution >= 4 is 16.0 Å². The molecule has 0 amide bonds. The Balaban J connectivity index is 1.82. The average molecular weight is 411 g/mol. The van der Waals surface area contributed by atoms with E-state index >= 15 is 0 Å². The fourth-order valence-electron chi connectivity index (χ4n) is 2.78. The second-order valence-corrected chi connectivity index (χ2v) is 8.20. The van der Waals surface area contributed by atoms with Gasteiger partial charge in [0.2, 0.25) is 10.0 Å². The summed E-state index contributed by atoms with van der Waals surface area (Å²) in [6, 6.07) is 8.34. The molecule has 1 heterocycles. The Morgan fingerprint density at radius 2 is 1.75 bits per heavy atom. The zero-order chi connectivity index (χ0) is 20.3. The van der Waals surface area contributed by atoms with Crippen molar-refractivity contribution in [2.75, 3.05) is 26.3 Å². The van der Waals surface area contributed by atoms with Gasteiger partial charge in [-0.05, 0) is 42.8 Å². The van der Waals surface area contributed by atoms with E-state index in [2.05, 4.69) is 0 Å². The Morgan fingerprint density at radius 1 is 1.11 bits per heavy atom. The second kappa shape index (κ2) is 8.34. The quantitative estimate of drug-likeness (QED) is 0.708. The molecule has 9 heteroatoms. The van der Waals surface area contributed by atoms with Gasteiger partial charge in [-0.25, -0.2) is 22.0 Å². The Hall–Kier alpha value is -2.36. The largest absolute Gasteiger partial charge is 0.454 e. The Kier molecular flexibility index (Phi) is 6.07. The number of benzene rings is 2. The predicted octanol–water partition coefficient (Wildman–Crippen LogP) is 2.90. The fraction of sp³-hybridized carbons (Fsp3) is 0.316. The third-order valence-corrected chi connectivity index (χ3v) is 6.28. The molecule has 1 saturated heterocycles. The van der Waals surface area contributed by atoms with E-state index in [0.717, 1.165) is 18.2 Å². The predicted molar refractivity (Wildman–Crippen MR) is 96.2 cm³/mol. The number of hydrogen-bond acceptors (Lipinski definition) is 5. The summed E-state index contributed by atoms with van der Waals surface area (Å²) in [5, 5.41) is 0. The van der Waals surface area contributed by atoms with Crippen molar-refractivity contribution in [3.05, 3.63) is 65.2 Å². The average Bonchev–Trinajstić information content (AvgIpc) is 2.69. The molecule has 3 rings (SSSR count). The summed E-state index contributed by atoms with van der Waals surface area (Å²) in [7, 11) is -3.88. The van der Waals surface area contributed by atoms with Crippen molar-refractivity contribution in [1.29, 1.82) is 0 Å². The van der Waals surface area contributed by atoms with Crippen LogP contribution < -0.4 is 0 Å². The van der Waals surface area contributed by atoms with Crippen molar-refractivity contribution in [2.24, 2.45) is 0 Å². The maximum Gasteiger partial charge on any atom is 0.341 e. The molecule has 1 aliphatic heterocycles. The van der Waals surface area contributed by atoms with E-state index in [1.165, 1.54) is 28.6 Å². The van der Waals surface area contributed by atoms with Crippen molar-refractivity contribution in [3.63, 3.8) is 0 Å². The van der Waals surface area contributed by atoms with E-state index in [0.29, 0.717) is 5.56 Å². The molecular formula is C19H19F2NO5S. The Bertz CT molecular complexity index is 957. The molecule has 0 saturated carbocycles. The number of carbonyl (C=O) groups excluding carboxylic acids is 1. The minimum atomic E-state index is -3.88. The van der Waals surface area contributed by atoms with Gasteiger partial charge in [-0.2, -0.15) is 4.31 Å². The van der Waals surface area contributed by atoms with Gasteiger partial charge in [-0.1, -0.05) is 12.1 Å². The topological polar surface area (TPSA) is 72.9 Å². The summed E-state index contributed by atoms with van der Waals surface area (Å²) in [5.74, 6) is -2.33. The lowest BCUT2D eigenvalue weighted by Crippen LogP contribution is -2.40. The number of ether oxygens (including phenoxy) is 2. The first kappa shape index (κ1) is 20.4. The van der Waals surface area contributed by atoms with Crippen LogP contribution in [0.15, 0.2) is 47.4 Å². The summed E-state index contributed by atoms with van der Waals surface area (Å²) in [5.41, 5.74) is 0.0375. The lowest BCUT2D eigenvalue weighted by Gasteiger charge is -2.26. The molecule has 1 fully saturated rings. The van der Waals surface area contributed by atoms with Crippen LogP contribution >= 0.6 is 0 Å². The van der Waals surface area contributed by atoms with E-state index in [4.69, 9.17) is 9.47 Å². The summed E-state index contributed by atoms with van der Waals surface area (Å²) in [6.45, 7) is 2.45. The van der Waals surface area contributed by atoms with Crippen LogP contribution in [0.1, 0.15) is 28.9 Å². The van der Waals surface area contributed by atoms with Gasteiger partial charge in [0, 0.05) is 13.1 Å². The summed E-state index contributed by atoms with van der Waals surface area (Å²) in [6.07, 6.45) is -0.771. The lowest BCUT2D eigenvalue weighted by molar-refractivity contribution is 0.0332. The van der Waals surface area contributed by atoms with Crippen LogP contribution in [0.25, 0.3) is 0 Å². The Morgan fingerprint density at radius 3 is 2.39 bits per heavy atom. The number of carbonyl (C=O) groups is 1. The number of rotatable bonds is 5. The number of hydrogen-bond donors (Lipinski definition) is 0. The van der Waals surface area contributed by atoms with Crippen molar-refractivity contribution < 1.29 is 31.5 Å². The number of nitrogens with zero attached hydrogens (tertiary/aromatic N) is 1. The highest BCUT2D eigenvalue weighted by Gasteiger charge is 2.28. The Labute approximate surface area is 161 Å². The molecule has 0 N–H and O–H groups in total. The van der Waals surface area contributed by atoms with Crippen molar-refractivity contribution in [1.82, 2.24) is 4.31 Å². The van der Waals surface area contributed by atoms with E-state index in [-0.39, 0.29) is 31.2 Å². The summed E-state index contributed by atoms with van der Waals surface area (Å²) < 4.78 is 64.2. The minimum absolute atomic E-state index is 0.182. The first-order valence-corrected chi connectivity index (χ1v) is 10.1. The minimum Gasteiger partial charge on any atom is -0.454 e. The highest BCUT2D eigenvalue weighted by atomic mass is 32.2. The third kappa shape index (κ3) is 4.37. The number of halogens is 2. The third-order valence-electron chi connectivity index (χ3n) is 4.39. The van der Waals surface area contributed by atoms with E-state index in [1.54, 1.807) is 6.92 Å². The first-order valence-electron chi connectivity index (χ1n) is 8.63. The van der Waals surface area contributed by atoms with Crippen LogP contribution in [0.3, 0.4) is 0 Å². The van der Waals surface area contributed by atoms with Gasteiger partial charge in [0.15, 0.2) is 0 Å². The first-order chi connectivity index (χ1) is 13.3. The monoisotopic (exact) mass is 411 g/mol. The molecule has 1 atom stereocenters. The summed E-state index contributed by atoms with van der Waals surface area (Å²) >= 11 is 0. The van der Waals surface area contributed by atoms with Gasteiger partial charge in [0.25, 0.3) is 0 Å². The molecular weight excluding hydrogens is 392 g/mol. The maximum absolute atomic E-state index is 14.2. The molecule has 0 spiro atoms. The summed E-state index contributed by atoms with van der Waals surface area (Å²) in [4.78, 5) is 12.2. The van der Waals surface area contributed by atoms with Gasteiger partial charge in [0.1, 0.15) is 17.7 Å². The number of morpholine rings is 1. The number of esters is 1. The van der Waals surface area contributed by atoms with Gasteiger partial charge in [-0.3, -0.25) is 0 Å². The highest BCUT2D eigenvalue weighted by Crippen LogP contribution is 2.23. The molecule has 150 valence electrons. The smallest absolute Gasteiger partial charge is 0.341 e. The van der Waals surface area contributed by atoms with Gasteiger partial charge < -0.3 is 9.47 Å². The van der Waals surface area contributed by atoms with Crippen LogP contribution in [0, 0.1) is 11.6 Å². The fourth-order valence-corrected chi connectivity index (χ4v) is 4.22. The molecule has 0 aliphatic carbocycles. The molecule has 6 nitrogen and oxygen atoms in total. The van der Waals surface area contributed by atoms with Gasteiger partial charge >= 0.3 is 5.97 Å². The molecule has 0 radical (unpaired) electrons. The zero-order valence-corrected chi connectivity index (χ0v) is 15.9. The SMILES string of the molecule is CC(OC(=O)c1cc(S(=O)(=O)N2CCOCC2)ccc1F)c1ccc(F)cc1. The molecule has 28 heavy (non-hydrogen) atoms. The highest BCUT2D eigenvalue weighted by molar-refractivity contribution is 7.89. The second-order valence-electron chi connectivity index (χ2n) is 6.26. The van der Waals surface area contributed by atoms with Crippen molar-refractivity contribution in [3.8, 4) is 0 Å². The number of sulfonamides is 1. The van der Waals surface area contributed by atoms with Crippen LogP contribution in [0.4, 0.5) is 8.78 Å². The normalized spacial score (nSPS) is 16.5. The molecule has 0 bridgehead atoms. The van der Waals surface area contributed by atoms with Crippen molar-refractivity contribution in [2.45, 2.75) is 17.9 Å². The molecule has 0 aromatic heterocycles. The standard InChI is InChI=1S/C19H19F2NO5S/c1-13(14-2-4-15(20)5-3-14)27-19(23)17-12-16(6-7-18(17)21)28(24,25)22-8-10-26-11-9-22/h2-7,12-13H,8-11H2,1H3. The van der Waals surface area contributed by atoms with Crippen LogP contribution in [-0.2, 0) is 19.5 Å². The van der Waals surface area contributed by atoms with Crippen LogP contribution in [0.2, 0.25) is 0 Å². The van der Waals surface area contributed by atoms with E-state index < -0.39 is 39.3 Å². The van der Waals surface area contributed by atoms with Crippen LogP contribution in [0.5, 0.6) is 0 Å². The molecule has 1 unspecified atom stereocenters. The van der Waals surface area contributed by atoms with Gasteiger partial charge in [-0.15, -0.1) is 0 Å². The molecule has 2 aromatic rings. The van der Waals surface area contributed by atoms with E-state index in [9.17, 15) is 22.0 Å². The lowest BCUT2D eigenvalue weighted by atomic mass is 10.1. The maximum atomic E-state index is 14.2. The molecule has 1 aliphatic rings.